The van der Waals surface area contributed by atoms with Gasteiger partial charge in [0, 0.05) is 18.8 Å². The summed E-state index contributed by atoms with van der Waals surface area (Å²) in [6, 6.07) is 8.04. The van der Waals surface area contributed by atoms with Gasteiger partial charge in [0.15, 0.2) is 0 Å². The predicted octanol–water partition coefficient (Wildman–Crippen LogP) is 5.18. The molecule has 1 aromatic rings. The molecule has 0 fully saturated rings. The van der Waals surface area contributed by atoms with Crippen molar-refractivity contribution in [2.24, 2.45) is 0 Å². The minimum atomic E-state index is 0.153. The average molecular weight is 310 g/mol. The van der Waals surface area contributed by atoms with Crippen molar-refractivity contribution in [2.75, 3.05) is 0 Å². The third-order valence-electron chi connectivity index (χ3n) is 3.64. The van der Waals surface area contributed by atoms with Gasteiger partial charge in [0.2, 0.25) is 5.91 Å². The molecule has 0 atom stereocenters. The molecule has 0 aliphatic heterocycles. The van der Waals surface area contributed by atoms with Gasteiger partial charge in [0.1, 0.15) is 0 Å². The van der Waals surface area contributed by atoms with Gasteiger partial charge < -0.3 is 5.32 Å². The van der Waals surface area contributed by atoms with E-state index in [1.165, 1.54) is 38.5 Å². The first-order chi connectivity index (χ1) is 10.3. The van der Waals surface area contributed by atoms with Crippen molar-refractivity contribution in [1.29, 1.82) is 0 Å². The van der Waals surface area contributed by atoms with Crippen molar-refractivity contribution in [3.63, 3.8) is 0 Å². The predicted molar refractivity (Wildman–Crippen MR) is 90.5 cm³/mol. The van der Waals surface area contributed by atoms with Crippen LogP contribution in [0.4, 0.5) is 0 Å². The lowest BCUT2D eigenvalue weighted by Crippen LogP contribution is -2.22. The van der Waals surface area contributed by atoms with E-state index < -0.39 is 0 Å². The summed E-state index contributed by atoms with van der Waals surface area (Å²) in [5.74, 6) is 0.666. The van der Waals surface area contributed by atoms with Gasteiger partial charge in [-0.2, -0.15) is 0 Å². The SMILES string of the molecule is CCCCCCCCCC(=O)NCc1cccc(CCl)c1. The lowest BCUT2D eigenvalue weighted by Gasteiger charge is -2.06. The quantitative estimate of drug-likeness (QED) is 0.443. The summed E-state index contributed by atoms with van der Waals surface area (Å²) in [6.07, 6.45) is 9.32. The Balaban J connectivity index is 2.08. The monoisotopic (exact) mass is 309 g/mol. The van der Waals surface area contributed by atoms with Gasteiger partial charge >= 0.3 is 0 Å². The van der Waals surface area contributed by atoms with Gasteiger partial charge in [-0.05, 0) is 17.5 Å². The molecule has 1 amide bonds. The smallest absolute Gasteiger partial charge is 0.220 e. The molecule has 0 bridgehead atoms. The fourth-order valence-electron chi connectivity index (χ4n) is 2.35. The number of carbonyl (C=O) groups excluding carboxylic acids is 1. The van der Waals surface area contributed by atoms with Crippen LogP contribution in [-0.4, -0.2) is 5.91 Å². The molecule has 1 aromatic carbocycles. The van der Waals surface area contributed by atoms with E-state index in [0.29, 0.717) is 18.8 Å². The molecule has 0 radical (unpaired) electrons. The Kier molecular flexibility index (Phi) is 9.98. The highest BCUT2D eigenvalue weighted by atomic mass is 35.5. The summed E-state index contributed by atoms with van der Waals surface area (Å²) in [6.45, 7) is 2.83. The van der Waals surface area contributed by atoms with Crippen LogP contribution in [0.1, 0.15) is 69.4 Å². The number of hydrogen-bond acceptors (Lipinski definition) is 1. The Labute approximate surface area is 134 Å². The maximum absolute atomic E-state index is 11.8. The van der Waals surface area contributed by atoms with Crippen LogP contribution in [0.15, 0.2) is 24.3 Å². The second kappa shape index (κ2) is 11.6. The van der Waals surface area contributed by atoms with Crippen molar-refractivity contribution in [3.8, 4) is 0 Å². The largest absolute Gasteiger partial charge is 0.352 e. The summed E-state index contributed by atoms with van der Waals surface area (Å²) in [5, 5.41) is 2.98. The highest BCUT2D eigenvalue weighted by Gasteiger charge is 2.02. The minimum Gasteiger partial charge on any atom is -0.352 e. The molecule has 0 aromatic heterocycles. The third-order valence-corrected chi connectivity index (χ3v) is 3.95. The maximum Gasteiger partial charge on any atom is 0.220 e. The van der Waals surface area contributed by atoms with Gasteiger partial charge in [0.05, 0.1) is 0 Å². The van der Waals surface area contributed by atoms with Gasteiger partial charge in [-0.1, -0.05) is 69.7 Å². The summed E-state index contributed by atoms with van der Waals surface area (Å²) in [7, 11) is 0. The first-order valence-electron chi connectivity index (χ1n) is 8.16. The Bertz CT molecular complexity index is 406. The summed E-state index contributed by atoms with van der Waals surface area (Å²) in [4.78, 5) is 11.8. The highest BCUT2D eigenvalue weighted by molar-refractivity contribution is 6.17. The highest BCUT2D eigenvalue weighted by Crippen LogP contribution is 2.09. The normalized spacial score (nSPS) is 10.6. The molecule has 0 saturated carbocycles. The van der Waals surface area contributed by atoms with Crippen LogP contribution >= 0.6 is 11.6 Å². The van der Waals surface area contributed by atoms with Gasteiger partial charge in [-0.25, -0.2) is 0 Å². The van der Waals surface area contributed by atoms with E-state index >= 15 is 0 Å². The van der Waals surface area contributed by atoms with Crippen LogP contribution < -0.4 is 5.32 Å². The molecule has 0 saturated heterocycles. The van der Waals surface area contributed by atoms with Gasteiger partial charge in [0.25, 0.3) is 0 Å². The molecule has 0 aliphatic carbocycles. The number of nitrogens with one attached hydrogen (secondary N) is 1. The van der Waals surface area contributed by atoms with Crippen LogP contribution in [0.25, 0.3) is 0 Å². The van der Waals surface area contributed by atoms with Crippen LogP contribution in [-0.2, 0) is 17.2 Å². The Morgan fingerprint density at radius 1 is 1.05 bits per heavy atom. The third kappa shape index (κ3) is 8.77. The van der Waals surface area contributed by atoms with Crippen LogP contribution in [0.5, 0.6) is 0 Å². The van der Waals surface area contributed by atoms with Crippen molar-refractivity contribution in [1.82, 2.24) is 5.32 Å². The molecule has 118 valence electrons. The second-order valence-corrected chi connectivity index (χ2v) is 5.87. The van der Waals surface area contributed by atoms with E-state index in [1.54, 1.807) is 0 Å². The number of benzene rings is 1. The lowest BCUT2D eigenvalue weighted by atomic mass is 10.1. The lowest BCUT2D eigenvalue weighted by molar-refractivity contribution is -0.121. The van der Waals surface area contributed by atoms with E-state index in [4.69, 9.17) is 11.6 Å². The molecular weight excluding hydrogens is 282 g/mol. The summed E-state index contributed by atoms with van der Waals surface area (Å²) >= 11 is 5.80. The Hall–Kier alpha value is -1.02. The molecule has 0 aliphatic rings. The van der Waals surface area contributed by atoms with E-state index in [-0.39, 0.29) is 5.91 Å². The second-order valence-electron chi connectivity index (χ2n) is 5.60. The maximum atomic E-state index is 11.8. The zero-order valence-corrected chi connectivity index (χ0v) is 13.9. The number of rotatable bonds is 11. The summed E-state index contributed by atoms with van der Waals surface area (Å²) < 4.78 is 0. The first-order valence-corrected chi connectivity index (χ1v) is 8.70. The average Bonchev–Trinajstić information content (AvgIpc) is 2.52. The number of halogens is 1. The minimum absolute atomic E-state index is 0.153. The molecule has 3 heteroatoms. The zero-order chi connectivity index (χ0) is 15.3. The number of alkyl halides is 1. The van der Waals surface area contributed by atoms with E-state index in [9.17, 15) is 4.79 Å². The fourth-order valence-corrected chi connectivity index (χ4v) is 2.52. The van der Waals surface area contributed by atoms with Crippen LogP contribution in [0.3, 0.4) is 0 Å². The van der Waals surface area contributed by atoms with Crippen molar-refractivity contribution >= 4 is 17.5 Å². The number of amides is 1. The number of carbonyl (C=O) groups is 1. The van der Waals surface area contributed by atoms with E-state index in [2.05, 4.69) is 12.2 Å². The van der Waals surface area contributed by atoms with Gasteiger partial charge in [-0.3, -0.25) is 4.79 Å². The molecule has 1 rings (SSSR count). The molecule has 0 unspecified atom stereocenters. The molecule has 0 heterocycles. The van der Waals surface area contributed by atoms with Crippen molar-refractivity contribution in [3.05, 3.63) is 35.4 Å². The van der Waals surface area contributed by atoms with E-state index in [0.717, 1.165) is 17.5 Å². The van der Waals surface area contributed by atoms with E-state index in [1.807, 2.05) is 24.3 Å². The first kappa shape index (κ1) is 18.0. The topological polar surface area (TPSA) is 29.1 Å². The Morgan fingerprint density at radius 3 is 2.43 bits per heavy atom. The van der Waals surface area contributed by atoms with Crippen molar-refractivity contribution < 1.29 is 4.79 Å². The Morgan fingerprint density at radius 2 is 1.71 bits per heavy atom. The molecule has 2 nitrogen and oxygen atoms in total. The fraction of sp³-hybridized carbons (Fsp3) is 0.611. The molecule has 0 spiro atoms. The van der Waals surface area contributed by atoms with Crippen LogP contribution in [0.2, 0.25) is 0 Å². The van der Waals surface area contributed by atoms with Crippen molar-refractivity contribution in [2.45, 2.75) is 70.7 Å². The molecular formula is C18H28ClNO. The number of unbranched alkanes of at least 4 members (excludes halogenated alkanes) is 6. The van der Waals surface area contributed by atoms with Gasteiger partial charge in [-0.15, -0.1) is 11.6 Å². The molecule has 1 N–H and O–H groups in total. The van der Waals surface area contributed by atoms with Crippen LogP contribution in [0, 0.1) is 0 Å². The molecule has 21 heavy (non-hydrogen) atoms. The standard InChI is InChI=1S/C18H28ClNO/c1-2-3-4-5-6-7-8-12-18(21)20-15-17-11-9-10-16(13-17)14-19/h9-11,13H,2-8,12,14-15H2,1H3,(H,20,21). The number of hydrogen-bond donors (Lipinski definition) is 1. The zero-order valence-electron chi connectivity index (χ0n) is 13.2. The summed E-state index contributed by atoms with van der Waals surface area (Å²) in [5.41, 5.74) is 2.21.